The molecule has 1 fully saturated rings. The van der Waals surface area contributed by atoms with E-state index in [1.807, 2.05) is 24.9 Å². The number of nitrogens with one attached hydrogen (secondary N) is 1. The highest BCUT2D eigenvalue weighted by atomic mass is 32.1. The number of amides is 1. The minimum absolute atomic E-state index is 0.102. The van der Waals surface area contributed by atoms with Crippen LogP contribution in [0.15, 0.2) is 6.07 Å². The predicted molar refractivity (Wildman–Crippen MR) is 73.6 cm³/mol. The standard InChI is InChI=1S/C13H20N2O2S/c1-9-7-11(17-3)12(18-9)13(16)15-6-4-5-10(8-15)14-2/h7,10,14H,4-6,8H2,1-3H3/t10-/m0/s1. The molecule has 2 heterocycles. The molecule has 0 radical (unpaired) electrons. The maximum Gasteiger partial charge on any atom is 0.267 e. The molecule has 1 aromatic heterocycles. The number of methoxy groups -OCH3 is 1. The number of aryl methyl sites for hydroxylation is 1. The Morgan fingerprint density at radius 1 is 1.61 bits per heavy atom. The molecule has 1 amide bonds. The Kier molecular flexibility index (Phi) is 4.24. The second kappa shape index (κ2) is 5.71. The van der Waals surface area contributed by atoms with Crippen molar-refractivity contribution in [2.45, 2.75) is 25.8 Å². The third-order valence-electron chi connectivity index (χ3n) is 3.35. The van der Waals surface area contributed by atoms with Gasteiger partial charge in [-0.3, -0.25) is 4.79 Å². The zero-order valence-electron chi connectivity index (χ0n) is 11.2. The SMILES string of the molecule is CN[C@H]1CCCN(C(=O)c2sc(C)cc2OC)C1. The van der Waals surface area contributed by atoms with E-state index in [2.05, 4.69) is 5.32 Å². The van der Waals surface area contributed by atoms with Gasteiger partial charge in [-0.1, -0.05) is 0 Å². The van der Waals surface area contributed by atoms with Crippen molar-refractivity contribution in [2.24, 2.45) is 0 Å². The summed E-state index contributed by atoms with van der Waals surface area (Å²) >= 11 is 1.51. The van der Waals surface area contributed by atoms with Crippen LogP contribution in [0.4, 0.5) is 0 Å². The molecule has 2 rings (SSSR count). The third kappa shape index (κ3) is 2.67. The van der Waals surface area contributed by atoms with Gasteiger partial charge in [0.25, 0.3) is 5.91 Å². The molecule has 1 aliphatic rings. The fourth-order valence-electron chi connectivity index (χ4n) is 2.33. The van der Waals surface area contributed by atoms with Crippen LogP contribution in [0.1, 0.15) is 27.4 Å². The molecule has 0 aromatic carbocycles. The van der Waals surface area contributed by atoms with Gasteiger partial charge in [-0.25, -0.2) is 0 Å². The van der Waals surface area contributed by atoms with Gasteiger partial charge in [0, 0.05) is 24.0 Å². The first-order valence-corrected chi connectivity index (χ1v) is 7.08. The van der Waals surface area contributed by atoms with Crippen molar-refractivity contribution < 1.29 is 9.53 Å². The summed E-state index contributed by atoms with van der Waals surface area (Å²) in [6.07, 6.45) is 2.20. The van der Waals surface area contributed by atoms with Crippen LogP contribution in [0.2, 0.25) is 0 Å². The smallest absolute Gasteiger partial charge is 0.267 e. The van der Waals surface area contributed by atoms with E-state index >= 15 is 0 Å². The summed E-state index contributed by atoms with van der Waals surface area (Å²) < 4.78 is 5.28. The van der Waals surface area contributed by atoms with E-state index in [-0.39, 0.29) is 5.91 Å². The lowest BCUT2D eigenvalue weighted by Crippen LogP contribution is -2.46. The van der Waals surface area contributed by atoms with Crippen molar-refractivity contribution >= 4 is 17.2 Å². The minimum atomic E-state index is 0.102. The van der Waals surface area contributed by atoms with E-state index in [0.29, 0.717) is 11.8 Å². The molecule has 5 heteroatoms. The molecule has 4 nitrogen and oxygen atoms in total. The van der Waals surface area contributed by atoms with Crippen LogP contribution >= 0.6 is 11.3 Å². The van der Waals surface area contributed by atoms with Crippen molar-refractivity contribution in [1.29, 1.82) is 0 Å². The first kappa shape index (κ1) is 13.4. The van der Waals surface area contributed by atoms with Crippen LogP contribution in [0.3, 0.4) is 0 Å². The number of likely N-dealkylation sites (tertiary alicyclic amines) is 1. The Morgan fingerprint density at radius 2 is 2.39 bits per heavy atom. The minimum Gasteiger partial charge on any atom is -0.495 e. The molecule has 0 spiro atoms. The van der Waals surface area contributed by atoms with Gasteiger partial charge in [-0.05, 0) is 32.9 Å². The van der Waals surface area contributed by atoms with Crippen LogP contribution in [0.25, 0.3) is 0 Å². The number of carbonyl (C=O) groups excluding carboxylic acids is 1. The van der Waals surface area contributed by atoms with Crippen molar-refractivity contribution in [1.82, 2.24) is 10.2 Å². The number of hydrogen-bond donors (Lipinski definition) is 1. The zero-order valence-corrected chi connectivity index (χ0v) is 12.0. The zero-order chi connectivity index (χ0) is 13.1. The van der Waals surface area contributed by atoms with Gasteiger partial charge < -0.3 is 15.0 Å². The third-order valence-corrected chi connectivity index (χ3v) is 4.37. The van der Waals surface area contributed by atoms with Crippen molar-refractivity contribution in [3.05, 3.63) is 15.8 Å². The first-order chi connectivity index (χ1) is 8.65. The Balaban J connectivity index is 2.14. The lowest BCUT2D eigenvalue weighted by molar-refractivity contribution is 0.0700. The summed E-state index contributed by atoms with van der Waals surface area (Å²) in [4.78, 5) is 16.2. The summed E-state index contributed by atoms with van der Waals surface area (Å²) in [6, 6.07) is 2.34. The highest BCUT2D eigenvalue weighted by Gasteiger charge is 2.26. The lowest BCUT2D eigenvalue weighted by atomic mass is 10.1. The van der Waals surface area contributed by atoms with E-state index in [4.69, 9.17) is 4.74 Å². The quantitative estimate of drug-likeness (QED) is 0.910. The number of likely N-dealkylation sites (N-methyl/N-ethyl adjacent to an activating group) is 1. The fraction of sp³-hybridized carbons (Fsp3) is 0.615. The molecule has 0 saturated carbocycles. The summed E-state index contributed by atoms with van der Waals surface area (Å²) in [6.45, 7) is 3.63. The number of ether oxygens (including phenoxy) is 1. The molecule has 1 aromatic rings. The van der Waals surface area contributed by atoms with Gasteiger partial charge in [0.05, 0.1) is 7.11 Å². The molecule has 1 saturated heterocycles. The number of thiophene rings is 1. The number of carbonyl (C=O) groups is 1. The monoisotopic (exact) mass is 268 g/mol. The topological polar surface area (TPSA) is 41.6 Å². The molecule has 0 aliphatic carbocycles. The van der Waals surface area contributed by atoms with Crippen LogP contribution < -0.4 is 10.1 Å². The highest BCUT2D eigenvalue weighted by molar-refractivity contribution is 7.14. The Morgan fingerprint density at radius 3 is 3.06 bits per heavy atom. The average Bonchev–Trinajstić information content (AvgIpc) is 2.79. The molecule has 0 bridgehead atoms. The summed E-state index contributed by atoms with van der Waals surface area (Å²) in [5.41, 5.74) is 0. The first-order valence-electron chi connectivity index (χ1n) is 6.26. The Hall–Kier alpha value is -1.07. The van der Waals surface area contributed by atoms with Crippen LogP contribution in [-0.2, 0) is 0 Å². The second-order valence-corrected chi connectivity index (χ2v) is 5.89. The number of rotatable bonds is 3. The van der Waals surface area contributed by atoms with Gasteiger partial charge in [-0.15, -0.1) is 11.3 Å². The molecule has 100 valence electrons. The molecule has 1 aliphatic heterocycles. The molecular weight excluding hydrogens is 248 g/mol. The van der Waals surface area contributed by atoms with Crippen molar-refractivity contribution in [2.75, 3.05) is 27.2 Å². The molecule has 1 N–H and O–H groups in total. The largest absolute Gasteiger partial charge is 0.495 e. The lowest BCUT2D eigenvalue weighted by Gasteiger charge is -2.32. The maximum atomic E-state index is 12.5. The number of hydrogen-bond acceptors (Lipinski definition) is 4. The van der Waals surface area contributed by atoms with E-state index in [1.165, 1.54) is 11.3 Å². The van der Waals surface area contributed by atoms with Crippen LogP contribution in [0.5, 0.6) is 5.75 Å². The molecular formula is C13H20N2O2S. The van der Waals surface area contributed by atoms with Crippen LogP contribution in [0, 0.1) is 6.92 Å². The van der Waals surface area contributed by atoms with Crippen molar-refractivity contribution in [3.8, 4) is 5.75 Å². The predicted octanol–water partition coefficient (Wildman–Crippen LogP) is 1.89. The Bertz CT molecular complexity index is 431. The number of nitrogens with zero attached hydrogens (tertiary/aromatic N) is 1. The van der Waals surface area contributed by atoms with Gasteiger partial charge in [0.2, 0.25) is 0 Å². The summed E-state index contributed by atoms with van der Waals surface area (Å²) in [5.74, 6) is 0.805. The Labute approximate surface area is 112 Å². The normalized spacial score (nSPS) is 19.9. The van der Waals surface area contributed by atoms with Gasteiger partial charge in [0.15, 0.2) is 0 Å². The highest BCUT2D eigenvalue weighted by Crippen LogP contribution is 2.30. The second-order valence-electron chi connectivity index (χ2n) is 4.63. The average molecular weight is 268 g/mol. The summed E-state index contributed by atoms with van der Waals surface area (Å²) in [7, 11) is 3.57. The maximum absolute atomic E-state index is 12.5. The van der Waals surface area contributed by atoms with Crippen LogP contribution in [-0.4, -0.2) is 44.1 Å². The molecule has 18 heavy (non-hydrogen) atoms. The van der Waals surface area contributed by atoms with Gasteiger partial charge in [0.1, 0.15) is 10.6 Å². The van der Waals surface area contributed by atoms with E-state index in [0.717, 1.165) is 35.7 Å². The van der Waals surface area contributed by atoms with E-state index in [9.17, 15) is 4.79 Å². The molecule has 1 atom stereocenters. The van der Waals surface area contributed by atoms with E-state index < -0.39 is 0 Å². The number of piperidine rings is 1. The van der Waals surface area contributed by atoms with Crippen molar-refractivity contribution in [3.63, 3.8) is 0 Å². The van der Waals surface area contributed by atoms with Gasteiger partial charge in [-0.2, -0.15) is 0 Å². The molecule has 0 unspecified atom stereocenters. The summed E-state index contributed by atoms with van der Waals surface area (Å²) in [5, 5.41) is 3.25. The van der Waals surface area contributed by atoms with Gasteiger partial charge >= 0.3 is 0 Å². The van der Waals surface area contributed by atoms with E-state index in [1.54, 1.807) is 7.11 Å². The fourth-order valence-corrected chi connectivity index (χ4v) is 3.28.